The fourth-order valence-electron chi connectivity index (χ4n) is 2.08. The molecule has 0 aliphatic rings. The highest BCUT2D eigenvalue weighted by atomic mass is 19.1. The van der Waals surface area contributed by atoms with E-state index < -0.39 is 0 Å². The van der Waals surface area contributed by atoms with Crippen LogP contribution in [0.1, 0.15) is 45.2 Å². The number of hydrogen-bond acceptors (Lipinski definition) is 2. The number of hydrogen-bond donors (Lipinski definition) is 1. The van der Waals surface area contributed by atoms with Crippen LogP contribution in [0.25, 0.3) is 0 Å². The van der Waals surface area contributed by atoms with Gasteiger partial charge in [-0.2, -0.15) is 0 Å². The molecule has 1 atom stereocenters. The molecule has 0 saturated heterocycles. The molecule has 0 spiro atoms. The van der Waals surface area contributed by atoms with E-state index in [2.05, 4.69) is 38.0 Å². The van der Waals surface area contributed by atoms with Crippen molar-refractivity contribution in [3.05, 3.63) is 35.6 Å². The quantitative estimate of drug-likeness (QED) is 0.723. The van der Waals surface area contributed by atoms with E-state index in [1.807, 2.05) is 6.07 Å². The number of rotatable bonds is 8. The molecule has 0 radical (unpaired) electrons. The Labute approximate surface area is 117 Å². The molecular weight excluding hydrogens is 239 g/mol. The van der Waals surface area contributed by atoms with Gasteiger partial charge in [-0.1, -0.05) is 19.1 Å². The monoisotopic (exact) mass is 266 g/mol. The van der Waals surface area contributed by atoms with Gasteiger partial charge in [0.1, 0.15) is 5.82 Å². The normalized spacial score (nSPS) is 13.2. The first-order valence-corrected chi connectivity index (χ1v) is 7.23. The zero-order valence-corrected chi connectivity index (χ0v) is 12.6. The second-order valence-electron chi connectivity index (χ2n) is 5.40. The van der Waals surface area contributed by atoms with Crippen LogP contribution in [0, 0.1) is 5.82 Å². The van der Waals surface area contributed by atoms with Crippen molar-refractivity contribution in [1.82, 2.24) is 10.2 Å². The van der Waals surface area contributed by atoms with Crippen molar-refractivity contribution < 1.29 is 4.39 Å². The van der Waals surface area contributed by atoms with E-state index in [-0.39, 0.29) is 11.9 Å². The predicted molar refractivity (Wildman–Crippen MR) is 79.8 cm³/mol. The van der Waals surface area contributed by atoms with Gasteiger partial charge in [-0.15, -0.1) is 0 Å². The molecule has 1 N–H and O–H groups in total. The van der Waals surface area contributed by atoms with E-state index in [1.165, 1.54) is 6.07 Å². The summed E-state index contributed by atoms with van der Waals surface area (Å²) < 4.78 is 13.2. The van der Waals surface area contributed by atoms with Crippen LogP contribution in [0.3, 0.4) is 0 Å². The molecule has 1 aromatic rings. The number of halogens is 1. The standard InChI is InChI=1S/C16H27FN2/c1-5-16(14-8-6-9-15(17)12-14)18-10-7-11-19(4)13(2)3/h6,8-9,12-13,16,18H,5,7,10-11H2,1-4H3. The minimum absolute atomic E-state index is 0.155. The van der Waals surface area contributed by atoms with Crippen LogP contribution in [-0.4, -0.2) is 31.1 Å². The van der Waals surface area contributed by atoms with Crippen molar-refractivity contribution in [3.8, 4) is 0 Å². The van der Waals surface area contributed by atoms with E-state index >= 15 is 0 Å². The Hall–Kier alpha value is -0.930. The lowest BCUT2D eigenvalue weighted by molar-refractivity contribution is 0.267. The number of nitrogens with zero attached hydrogens (tertiary/aromatic N) is 1. The molecular formula is C16H27FN2. The molecule has 0 aliphatic heterocycles. The predicted octanol–water partition coefficient (Wildman–Crippen LogP) is 3.60. The average Bonchev–Trinajstić information content (AvgIpc) is 2.38. The first-order valence-electron chi connectivity index (χ1n) is 7.23. The highest BCUT2D eigenvalue weighted by Crippen LogP contribution is 2.17. The van der Waals surface area contributed by atoms with Crippen LogP contribution in [-0.2, 0) is 0 Å². The summed E-state index contributed by atoms with van der Waals surface area (Å²) in [4.78, 5) is 2.34. The Bertz CT molecular complexity index is 366. The highest BCUT2D eigenvalue weighted by Gasteiger charge is 2.09. The fourth-order valence-corrected chi connectivity index (χ4v) is 2.08. The molecule has 1 unspecified atom stereocenters. The molecule has 0 amide bonds. The smallest absolute Gasteiger partial charge is 0.123 e. The van der Waals surface area contributed by atoms with E-state index in [1.54, 1.807) is 12.1 Å². The average molecular weight is 266 g/mol. The largest absolute Gasteiger partial charge is 0.310 e. The Kier molecular flexibility index (Phi) is 7.03. The van der Waals surface area contributed by atoms with Crippen LogP contribution >= 0.6 is 0 Å². The summed E-state index contributed by atoms with van der Waals surface area (Å²) in [5.74, 6) is -0.155. The Morgan fingerprint density at radius 3 is 2.63 bits per heavy atom. The summed E-state index contributed by atoms with van der Waals surface area (Å²) in [6.45, 7) is 8.59. The van der Waals surface area contributed by atoms with Crippen LogP contribution in [0.4, 0.5) is 4.39 Å². The van der Waals surface area contributed by atoms with Crippen molar-refractivity contribution in [2.45, 2.75) is 45.7 Å². The SMILES string of the molecule is CCC(NCCCN(C)C(C)C)c1cccc(F)c1. The summed E-state index contributed by atoms with van der Waals surface area (Å²) >= 11 is 0. The van der Waals surface area contributed by atoms with Crippen molar-refractivity contribution in [3.63, 3.8) is 0 Å². The molecule has 0 heterocycles. The van der Waals surface area contributed by atoms with Gasteiger partial charge in [0.15, 0.2) is 0 Å². The first-order chi connectivity index (χ1) is 9.04. The third kappa shape index (κ3) is 5.70. The third-order valence-electron chi connectivity index (χ3n) is 3.62. The van der Waals surface area contributed by atoms with E-state index in [4.69, 9.17) is 0 Å². The summed E-state index contributed by atoms with van der Waals surface area (Å²) in [7, 11) is 2.15. The maximum absolute atomic E-state index is 13.2. The molecule has 108 valence electrons. The van der Waals surface area contributed by atoms with Gasteiger partial charge in [0.25, 0.3) is 0 Å². The Morgan fingerprint density at radius 2 is 2.05 bits per heavy atom. The summed E-state index contributed by atoms with van der Waals surface area (Å²) in [6.07, 6.45) is 2.09. The maximum atomic E-state index is 13.2. The summed E-state index contributed by atoms with van der Waals surface area (Å²) in [6, 6.07) is 7.73. The number of nitrogens with one attached hydrogen (secondary N) is 1. The Morgan fingerprint density at radius 1 is 1.32 bits per heavy atom. The highest BCUT2D eigenvalue weighted by molar-refractivity contribution is 5.19. The van der Waals surface area contributed by atoms with Gasteiger partial charge in [-0.25, -0.2) is 4.39 Å². The maximum Gasteiger partial charge on any atom is 0.123 e. The van der Waals surface area contributed by atoms with Crippen LogP contribution in [0.5, 0.6) is 0 Å². The van der Waals surface area contributed by atoms with Crippen molar-refractivity contribution >= 4 is 0 Å². The molecule has 2 nitrogen and oxygen atoms in total. The second kappa shape index (κ2) is 8.28. The van der Waals surface area contributed by atoms with Crippen LogP contribution in [0.2, 0.25) is 0 Å². The fraction of sp³-hybridized carbons (Fsp3) is 0.625. The van der Waals surface area contributed by atoms with Gasteiger partial charge in [0.05, 0.1) is 0 Å². The topological polar surface area (TPSA) is 15.3 Å². The van der Waals surface area contributed by atoms with Crippen molar-refractivity contribution in [1.29, 1.82) is 0 Å². The lowest BCUT2D eigenvalue weighted by Crippen LogP contribution is -2.30. The minimum atomic E-state index is -0.155. The van der Waals surface area contributed by atoms with Gasteiger partial charge >= 0.3 is 0 Å². The van der Waals surface area contributed by atoms with Gasteiger partial charge in [0.2, 0.25) is 0 Å². The summed E-state index contributed by atoms with van der Waals surface area (Å²) in [5.41, 5.74) is 1.04. The zero-order valence-electron chi connectivity index (χ0n) is 12.6. The van der Waals surface area contributed by atoms with E-state index in [9.17, 15) is 4.39 Å². The zero-order chi connectivity index (χ0) is 14.3. The van der Waals surface area contributed by atoms with Gasteiger partial charge < -0.3 is 10.2 Å². The molecule has 1 aromatic carbocycles. The van der Waals surface area contributed by atoms with Gasteiger partial charge in [-0.05, 0) is 64.5 Å². The van der Waals surface area contributed by atoms with Gasteiger partial charge in [0, 0.05) is 12.1 Å². The molecule has 0 fully saturated rings. The molecule has 0 aromatic heterocycles. The van der Waals surface area contributed by atoms with Crippen molar-refractivity contribution in [2.75, 3.05) is 20.1 Å². The van der Waals surface area contributed by atoms with Crippen LogP contribution in [0.15, 0.2) is 24.3 Å². The lowest BCUT2D eigenvalue weighted by atomic mass is 10.0. The molecule has 19 heavy (non-hydrogen) atoms. The molecule has 3 heteroatoms. The lowest BCUT2D eigenvalue weighted by Gasteiger charge is -2.22. The van der Waals surface area contributed by atoms with E-state index in [0.29, 0.717) is 6.04 Å². The molecule has 0 aliphatic carbocycles. The summed E-state index contributed by atoms with van der Waals surface area (Å²) in [5, 5.41) is 3.51. The van der Waals surface area contributed by atoms with E-state index in [0.717, 1.165) is 31.5 Å². The Balaban J connectivity index is 2.37. The number of benzene rings is 1. The van der Waals surface area contributed by atoms with Crippen LogP contribution < -0.4 is 5.32 Å². The molecule has 0 saturated carbocycles. The molecule has 1 rings (SSSR count). The first kappa shape index (κ1) is 16.1. The van der Waals surface area contributed by atoms with Crippen molar-refractivity contribution in [2.24, 2.45) is 0 Å². The molecule has 0 bridgehead atoms. The van der Waals surface area contributed by atoms with Gasteiger partial charge in [-0.3, -0.25) is 0 Å². The minimum Gasteiger partial charge on any atom is -0.310 e. The third-order valence-corrected chi connectivity index (χ3v) is 3.62. The second-order valence-corrected chi connectivity index (χ2v) is 5.40.